The molecule has 0 aliphatic heterocycles. The standard InChI is InChI=1S/C10H16N4O4/c1-18-5-8(10(16)17)13-9(15)7-4-14(3-2-11)6-12-7/h4,6,8H,2-3,5,11H2,1H3,(H,13,15)(H,16,17). The van der Waals surface area contributed by atoms with Gasteiger partial charge in [0.1, 0.15) is 5.69 Å². The summed E-state index contributed by atoms with van der Waals surface area (Å²) in [5.41, 5.74) is 5.51. The zero-order valence-electron chi connectivity index (χ0n) is 10.00. The first kappa shape index (κ1) is 14.1. The molecule has 18 heavy (non-hydrogen) atoms. The Hall–Kier alpha value is -1.93. The summed E-state index contributed by atoms with van der Waals surface area (Å²) in [5, 5.41) is 11.2. The van der Waals surface area contributed by atoms with E-state index in [2.05, 4.69) is 10.3 Å². The van der Waals surface area contributed by atoms with E-state index in [0.29, 0.717) is 13.1 Å². The van der Waals surface area contributed by atoms with E-state index in [4.69, 9.17) is 15.6 Å². The number of amides is 1. The van der Waals surface area contributed by atoms with E-state index in [1.807, 2.05) is 0 Å². The van der Waals surface area contributed by atoms with Crippen molar-refractivity contribution in [2.24, 2.45) is 5.73 Å². The largest absolute Gasteiger partial charge is 0.480 e. The first-order valence-corrected chi connectivity index (χ1v) is 5.33. The Bertz CT molecular complexity index is 418. The van der Waals surface area contributed by atoms with Gasteiger partial charge < -0.3 is 25.5 Å². The number of nitrogens with two attached hydrogens (primary N) is 1. The summed E-state index contributed by atoms with van der Waals surface area (Å²) in [6.45, 7) is 0.865. The predicted octanol–water partition coefficient (Wildman–Crippen LogP) is -1.33. The number of methoxy groups -OCH3 is 1. The van der Waals surface area contributed by atoms with Crippen molar-refractivity contribution in [1.29, 1.82) is 0 Å². The second kappa shape index (κ2) is 6.72. The molecule has 0 spiro atoms. The van der Waals surface area contributed by atoms with Crippen LogP contribution in [0.5, 0.6) is 0 Å². The highest BCUT2D eigenvalue weighted by Crippen LogP contribution is 1.97. The highest BCUT2D eigenvalue weighted by molar-refractivity contribution is 5.94. The number of ether oxygens (including phenoxy) is 1. The van der Waals surface area contributed by atoms with Crippen LogP contribution >= 0.6 is 0 Å². The lowest BCUT2D eigenvalue weighted by Crippen LogP contribution is -2.43. The molecule has 0 radical (unpaired) electrons. The summed E-state index contributed by atoms with van der Waals surface area (Å²) in [7, 11) is 1.36. The number of aliphatic carboxylic acids is 1. The molecule has 4 N–H and O–H groups in total. The van der Waals surface area contributed by atoms with Gasteiger partial charge in [0.15, 0.2) is 6.04 Å². The quantitative estimate of drug-likeness (QED) is 0.556. The van der Waals surface area contributed by atoms with Gasteiger partial charge in [-0.3, -0.25) is 4.79 Å². The first-order chi connectivity index (χ1) is 8.58. The highest BCUT2D eigenvalue weighted by Gasteiger charge is 2.21. The van der Waals surface area contributed by atoms with E-state index < -0.39 is 17.9 Å². The van der Waals surface area contributed by atoms with Crippen molar-refractivity contribution in [2.45, 2.75) is 12.6 Å². The lowest BCUT2D eigenvalue weighted by Gasteiger charge is -2.12. The van der Waals surface area contributed by atoms with E-state index in [1.165, 1.54) is 19.6 Å². The first-order valence-electron chi connectivity index (χ1n) is 5.33. The third-order valence-corrected chi connectivity index (χ3v) is 2.19. The van der Waals surface area contributed by atoms with Crippen molar-refractivity contribution >= 4 is 11.9 Å². The van der Waals surface area contributed by atoms with Crippen LogP contribution in [0.2, 0.25) is 0 Å². The second-order valence-electron chi connectivity index (χ2n) is 3.61. The minimum absolute atomic E-state index is 0.107. The van der Waals surface area contributed by atoms with Gasteiger partial charge in [-0.15, -0.1) is 0 Å². The van der Waals surface area contributed by atoms with E-state index in [0.717, 1.165) is 0 Å². The van der Waals surface area contributed by atoms with Crippen LogP contribution in [0.1, 0.15) is 10.5 Å². The Labute approximate surface area is 104 Å². The number of carboxylic acids is 1. The van der Waals surface area contributed by atoms with Crippen molar-refractivity contribution in [3.05, 3.63) is 18.2 Å². The summed E-state index contributed by atoms with van der Waals surface area (Å²) in [6.07, 6.45) is 2.97. The van der Waals surface area contributed by atoms with Crippen LogP contribution in [-0.4, -0.2) is 52.8 Å². The molecule has 1 atom stereocenters. The Kier molecular flexibility index (Phi) is 5.28. The average molecular weight is 256 g/mol. The molecule has 0 saturated heterocycles. The highest BCUT2D eigenvalue weighted by atomic mass is 16.5. The fourth-order valence-corrected chi connectivity index (χ4v) is 1.32. The molecule has 1 rings (SSSR count). The number of hydrogen-bond acceptors (Lipinski definition) is 5. The van der Waals surface area contributed by atoms with E-state index in [1.54, 1.807) is 4.57 Å². The van der Waals surface area contributed by atoms with Gasteiger partial charge in [0.25, 0.3) is 5.91 Å². The lowest BCUT2D eigenvalue weighted by molar-refractivity contribution is -0.140. The van der Waals surface area contributed by atoms with Gasteiger partial charge in [-0.05, 0) is 0 Å². The van der Waals surface area contributed by atoms with Crippen molar-refractivity contribution < 1.29 is 19.4 Å². The van der Waals surface area contributed by atoms with E-state index >= 15 is 0 Å². The molecule has 1 amide bonds. The van der Waals surface area contributed by atoms with Crippen LogP contribution in [0.25, 0.3) is 0 Å². The van der Waals surface area contributed by atoms with Gasteiger partial charge in [0, 0.05) is 26.4 Å². The number of carbonyl (C=O) groups excluding carboxylic acids is 1. The molecule has 0 saturated carbocycles. The normalized spacial score (nSPS) is 12.1. The summed E-state index contributed by atoms with van der Waals surface area (Å²) >= 11 is 0. The van der Waals surface area contributed by atoms with Crippen LogP contribution in [0.4, 0.5) is 0 Å². The van der Waals surface area contributed by atoms with Gasteiger partial charge in [-0.25, -0.2) is 9.78 Å². The molecule has 1 heterocycles. The minimum Gasteiger partial charge on any atom is -0.480 e. The maximum atomic E-state index is 11.7. The topological polar surface area (TPSA) is 119 Å². The second-order valence-corrected chi connectivity index (χ2v) is 3.61. The summed E-state index contributed by atoms with van der Waals surface area (Å²) < 4.78 is 6.36. The molecule has 8 heteroatoms. The third-order valence-electron chi connectivity index (χ3n) is 2.19. The molecule has 1 aromatic rings. The fourth-order valence-electron chi connectivity index (χ4n) is 1.32. The van der Waals surface area contributed by atoms with E-state index in [-0.39, 0.29) is 12.3 Å². The predicted molar refractivity (Wildman–Crippen MR) is 62.0 cm³/mol. The van der Waals surface area contributed by atoms with Crippen molar-refractivity contribution in [2.75, 3.05) is 20.3 Å². The fraction of sp³-hybridized carbons (Fsp3) is 0.500. The van der Waals surface area contributed by atoms with Crippen LogP contribution in [0.3, 0.4) is 0 Å². The monoisotopic (exact) mass is 256 g/mol. The average Bonchev–Trinajstić information content (AvgIpc) is 2.77. The van der Waals surface area contributed by atoms with Gasteiger partial charge >= 0.3 is 5.97 Å². The third kappa shape index (κ3) is 3.82. The Morgan fingerprint density at radius 2 is 2.39 bits per heavy atom. The van der Waals surface area contributed by atoms with Crippen molar-refractivity contribution in [3.63, 3.8) is 0 Å². The number of nitrogens with zero attached hydrogens (tertiary/aromatic N) is 2. The number of carbonyl (C=O) groups is 2. The van der Waals surface area contributed by atoms with Crippen LogP contribution in [0, 0.1) is 0 Å². The summed E-state index contributed by atoms with van der Waals surface area (Å²) in [4.78, 5) is 26.4. The molecule has 8 nitrogen and oxygen atoms in total. The Morgan fingerprint density at radius 3 is 2.94 bits per heavy atom. The molecular weight excluding hydrogens is 240 g/mol. The summed E-state index contributed by atoms with van der Waals surface area (Å²) in [6, 6.07) is -1.10. The zero-order valence-corrected chi connectivity index (χ0v) is 10.00. The number of nitrogens with one attached hydrogen (secondary N) is 1. The van der Waals surface area contributed by atoms with Crippen molar-refractivity contribution in [1.82, 2.24) is 14.9 Å². The molecule has 0 aliphatic carbocycles. The van der Waals surface area contributed by atoms with Crippen LogP contribution in [0.15, 0.2) is 12.5 Å². The van der Waals surface area contributed by atoms with Gasteiger partial charge in [0.05, 0.1) is 12.9 Å². The van der Waals surface area contributed by atoms with Gasteiger partial charge in [0.2, 0.25) is 0 Å². The smallest absolute Gasteiger partial charge is 0.328 e. The number of aromatic nitrogens is 2. The zero-order chi connectivity index (χ0) is 13.5. The number of rotatable bonds is 7. The minimum atomic E-state index is -1.16. The van der Waals surface area contributed by atoms with E-state index in [9.17, 15) is 9.59 Å². The molecule has 0 aromatic carbocycles. The number of carboxylic acid groups (broad SMARTS) is 1. The molecule has 0 fully saturated rings. The molecule has 1 aromatic heterocycles. The maximum absolute atomic E-state index is 11.7. The molecule has 1 unspecified atom stereocenters. The maximum Gasteiger partial charge on any atom is 0.328 e. The number of imidazole rings is 1. The van der Waals surface area contributed by atoms with Crippen molar-refractivity contribution in [3.8, 4) is 0 Å². The van der Waals surface area contributed by atoms with Gasteiger partial charge in [-0.1, -0.05) is 0 Å². The molecule has 100 valence electrons. The van der Waals surface area contributed by atoms with Crippen LogP contribution < -0.4 is 11.1 Å². The number of hydrogen-bond donors (Lipinski definition) is 3. The Balaban J connectivity index is 2.64. The van der Waals surface area contributed by atoms with Gasteiger partial charge in [-0.2, -0.15) is 0 Å². The van der Waals surface area contributed by atoms with Crippen LogP contribution in [-0.2, 0) is 16.1 Å². The SMILES string of the molecule is COCC(NC(=O)c1cn(CCN)cn1)C(=O)O. The molecule has 0 aliphatic rings. The summed E-state index contributed by atoms with van der Waals surface area (Å²) in [5.74, 6) is -1.72. The molecular formula is C10H16N4O4. The Morgan fingerprint density at radius 1 is 1.67 bits per heavy atom. The molecule has 0 bridgehead atoms. The lowest BCUT2D eigenvalue weighted by atomic mass is 10.3.